The molecule has 0 saturated carbocycles. The highest BCUT2D eigenvalue weighted by atomic mass is 35.5. The second-order valence-electron chi connectivity index (χ2n) is 4.79. The number of fused-ring (bicyclic) bond motifs is 1. The second-order valence-corrected chi connectivity index (χ2v) is 6.01. The minimum Gasteiger partial charge on any atom is -0.274 e. The van der Waals surface area contributed by atoms with Crippen LogP contribution in [0, 0.1) is 6.92 Å². The smallest absolute Gasteiger partial charge is 0.174 e. The van der Waals surface area contributed by atoms with E-state index in [9.17, 15) is 0 Å². The average Bonchev–Trinajstić information content (AvgIpc) is 2.98. The highest BCUT2D eigenvalue weighted by Crippen LogP contribution is 2.24. The number of aromatic nitrogens is 5. The lowest BCUT2D eigenvalue weighted by atomic mass is 10.2. The summed E-state index contributed by atoms with van der Waals surface area (Å²) in [7, 11) is 1.84. The molecule has 0 N–H and O–H groups in total. The Labute approximate surface area is 136 Å². The predicted octanol–water partition coefficient (Wildman–Crippen LogP) is 3.52. The van der Waals surface area contributed by atoms with Crippen molar-refractivity contribution in [3.8, 4) is 0 Å². The summed E-state index contributed by atoms with van der Waals surface area (Å²) in [4.78, 5) is 4.45. The molecule has 110 valence electrons. The fourth-order valence-corrected chi connectivity index (χ4v) is 2.89. The maximum Gasteiger partial charge on any atom is 0.174 e. The van der Waals surface area contributed by atoms with Crippen molar-refractivity contribution in [2.75, 3.05) is 0 Å². The molecular weight excluding hydrogens is 333 g/mol. The normalized spacial score (nSPS) is 11.5. The number of pyridine rings is 1. The molecule has 3 aromatic heterocycles. The quantitative estimate of drug-likeness (QED) is 0.730. The van der Waals surface area contributed by atoms with Crippen LogP contribution in [0.15, 0.2) is 12.3 Å². The van der Waals surface area contributed by atoms with E-state index in [1.807, 2.05) is 14.0 Å². The largest absolute Gasteiger partial charge is 0.274 e. The van der Waals surface area contributed by atoms with Crippen LogP contribution < -0.4 is 0 Å². The van der Waals surface area contributed by atoms with Gasteiger partial charge in [0.1, 0.15) is 0 Å². The lowest BCUT2D eigenvalue weighted by Crippen LogP contribution is -1.98. The van der Waals surface area contributed by atoms with Crippen molar-refractivity contribution >= 4 is 40.4 Å². The first-order chi connectivity index (χ1) is 9.95. The average molecular weight is 345 g/mol. The fraction of sp³-hybridized carbons (Fsp3) is 0.308. The number of hydrogen-bond acceptors (Lipinski definition) is 3. The first-order valence-electron chi connectivity index (χ1n) is 6.34. The molecule has 0 radical (unpaired) electrons. The van der Waals surface area contributed by atoms with Gasteiger partial charge < -0.3 is 0 Å². The summed E-state index contributed by atoms with van der Waals surface area (Å²) in [5, 5.41) is 10.5. The topological polar surface area (TPSA) is 48.0 Å². The van der Waals surface area contributed by atoms with E-state index in [-0.39, 0.29) is 0 Å². The summed E-state index contributed by atoms with van der Waals surface area (Å²) in [5.74, 6) is 0.684. The van der Waals surface area contributed by atoms with Crippen molar-refractivity contribution < 1.29 is 0 Å². The second kappa shape index (κ2) is 5.48. The Kier molecular flexibility index (Phi) is 3.82. The van der Waals surface area contributed by atoms with E-state index in [1.54, 1.807) is 21.5 Å². The van der Waals surface area contributed by atoms with Crippen LogP contribution in [0.25, 0.3) is 5.65 Å². The van der Waals surface area contributed by atoms with Crippen LogP contribution in [0.3, 0.4) is 0 Å². The highest BCUT2D eigenvalue weighted by Gasteiger charge is 2.13. The Morgan fingerprint density at radius 2 is 1.81 bits per heavy atom. The maximum absolute atomic E-state index is 6.15. The fourth-order valence-electron chi connectivity index (χ4n) is 2.14. The van der Waals surface area contributed by atoms with Crippen molar-refractivity contribution in [2.45, 2.75) is 19.8 Å². The van der Waals surface area contributed by atoms with Gasteiger partial charge in [-0.3, -0.25) is 4.68 Å². The monoisotopic (exact) mass is 343 g/mol. The minimum absolute atomic E-state index is 0.486. The SMILES string of the molecule is Cc1c(Cl)cc(Cl)c2nc(CCc3nn(C)cc3Cl)nn12. The van der Waals surface area contributed by atoms with Gasteiger partial charge in [-0.25, -0.2) is 9.50 Å². The van der Waals surface area contributed by atoms with Crippen molar-refractivity contribution in [3.63, 3.8) is 0 Å². The highest BCUT2D eigenvalue weighted by molar-refractivity contribution is 6.36. The predicted molar refractivity (Wildman–Crippen MR) is 83.4 cm³/mol. The molecule has 0 amide bonds. The summed E-state index contributed by atoms with van der Waals surface area (Å²) < 4.78 is 3.36. The van der Waals surface area contributed by atoms with Crippen molar-refractivity contribution in [1.29, 1.82) is 0 Å². The molecule has 0 fully saturated rings. The van der Waals surface area contributed by atoms with Crippen LogP contribution in [0.4, 0.5) is 0 Å². The summed E-state index contributed by atoms with van der Waals surface area (Å²) in [6.07, 6.45) is 3.07. The lowest BCUT2D eigenvalue weighted by Gasteiger charge is -2.01. The van der Waals surface area contributed by atoms with Gasteiger partial charge in [0.25, 0.3) is 0 Å². The van der Waals surface area contributed by atoms with Gasteiger partial charge in [0.15, 0.2) is 11.5 Å². The van der Waals surface area contributed by atoms with Crippen molar-refractivity contribution in [3.05, 3.63) is 44.5 Å². The van der Waals surface area contributed by atoms with E-state index in [0.717, 1.165) is 11.4 Å². The van der Waals surface area contributed by atoms with Gasteiger partial charge in [-0.05, 0) is 13.0 Å². The number of nitrogens with zero attached hydrogens (tertiary/aromatic N) is 5. The van der Waals surface area contributed by atoms with Crippen LogP contribution in [0.5, 0.6) is 0 Å². The first kappa shape index (κ1) is 14.6. The molecule has 0 aliphatic heterocycles. The van der Waals surface area contributed by atoms with Crippen molar-refractivity contribution in [2.24, 2.45) is 7.05 Å². The number of aryl methyl sites for hydroxylation is 4. The molecule has 3 rings (SSSR count). The van der Waals surface area contributed by atoms with Gasteiger partial charge in [-0.15, -0.1) is 0 Å². The van der Waals surface area contributed by atoms with E-state index in [0.29, 0.717) is 39.4 Å². The first-order valence-corrected chi connectivity index (χ1v) is 7.47. The molecule has 3 aromatic rings. The van der Waals surface area contributed by atoms with E-state index >= 15 is 0 Å². The van der Waals surface area contributed by atoms with Gasteiger partial charge in [0, 0.05) is 26.1 Å². The van der Waals surface area contributed by atoms with Crippen LogP contribution in [0.2, 0.25) is 15.1 Å². The van der Waals surface area contributed by atoms with Crippen LogP contribution >= 0.6 is 34.8 Å². The summed E-state index contributed by atoms with van der Waals surface area (Å²) in [6.45, 7) is 1.87. The minimum atomic E-state index is 0.486. The number of hydrogen-bond donors (Lipinski definition) is 0. The van der Waals surface area contributed by atoms with E-state index in [4.69, 9.17) is 34.8 Å². The van der Waals surface area contributed by atoms with Crippen LogP contribution in [-0.4, -0.2) is 24.4 Å². The maximum atomic E-state index is 6.15. The van der Waals surface area contributed by atoms with Gasteiger partial charge in [0.05, 0.1) is 26.5 Å². The van der Waals surface area contributed by atoms with Crippen LogP contribution in [0.1, 0.15) is 17.2 Å². The van der Waals surface area contributed by atoms with E-state index < -0.39 is 0 Å². The zero-order valence-electron chi connectivity index (χ0n) is 11.4. The molecule has 0 bridgehead atoms. The molecule has 0 spiro atoms. The molecule has 0 aliphatic rings. The summed E-state index contributed by atoms with van der Waals surface area (Å²) in [6, 6.07) is 1.68. The molecule has 21 heavy (non-hydrogen) atoms. The summed E-state index contributed by atoms with van der Waals surface area (Å²) >= 11 is 18.3. The van der Waals surface area contributed by atoms with Gasteiger partial charge in [-0.1, -0.05) is 34.8 Å². The summed E-state index contributed by atoms with van der Waals surface area (Å²) in [5.41, 5.74) is 2.25. The van der Waals surface area contributed by atoms with Gasteiger partial charge in [-0.2, -0.15) is 10.2 Å². The van der Waals surface area contributed by atoms with Gasteiger partial charge >= 0.3 is 0 Å². The third-order valence-electron chi connectivity index (χ3n) is 3.22. The van der Waals surface area contributed by atoms with Gasteiger partial charge in [0.2, 0.25) is 0 Å². The molecule has 0 unspecified atom stereocenters. The molecule has 3 heterocycles. The number of rotatable bonds is 3. The molecule has 8 heteroatoms. The Morgan fingerprint density at radius 3 is 2.48 bits per heavy atom. The lowest BCUT2D eigenvalue weighted by molar-refractivity contribution is 0.728. The van der Waals surface area contributed by atoms with E-state index in [1.165, 1.54) is 0 Å². The zero-order chi connectivity index (χ0) is 15.1. The molecule has 0 aliphatic carbocycles. The Bertz CT molecular complexity index is 821. The molecule has 5 nitrogen and oxygen atoms in total. The van der Waals surface area contributed by atoms with Crippen LogP contribution in [-0.2, 0) is 19.9 Å². The van der Waals surface area contributed by atoms with E-state index in [2.05, 4.69) is 15.2 Å². The molecular formula is C13H12Cl3N5. The molecule has 0 saturated heterocycles. The Hall–Kier alpha value is -1.30. The third kappa shape index (κ3) is 2.73. The Balaban J connectivity index is 1.90. The zero-order valence-corrected chi connectivity index (χ0v) is 13.7. The standard InChI is InChI=1S/C13H12Cl3N5/c1-7-8(14)5-9(15)13-17-12(19-21(7)13)4-3-11-10(16)6-20(2)18-11/h5-6H,3-4H2,1-2H3. The molecule has 0 aromatic carbocycles. The number of halogens is 3. The Morgan fingerprint density at radius 1 is 1.05 bits per heavy atom. The van der Waals surface area contributed by atoms with Crippen molar-refractivity contribution in [1.82, 2.24) is 24.4 Å². The third-order valence-corrected chi connectivity index (χ3v) is 4.20. The molecule has 0 atom stereocenters.